The van der Waals surface area contributed by atoms with Crippen LogP contribution in [0.1, 0.15) is 15.9 Å². The van der Waals surface area contributed by atoms with Crippen molar-refractivity contribution in [3.05, 3.63) is 72.2 Å². The molecule has 0 saturated heterocycles. The molecule has 0 amide bonds. The van der Waals surface area contributed by atoms with Crippen LogP contribution in [-0.2, 0) is 6.61 Å². The number of pyridine rings is 2. The molecule has 24 heavy (non-hydrogen) atoms. The van der Waals surface area contributed by atoms with Crippen LogP contribution in [-0.4, -0.2) is 23.4 Å². The van der Waals surface area contributed by atoms with Gasteiger partial charge < -0.3 is 9.47 Å². The number of benzene rings is 1. The van der Waals surface area contributed by atoms with E-state index in [2.05, 4.69) is 9.97 Å². The summed E-state index contributed by atoms with van der Waals surface area (Å²) in [5, 5.41) is 0. The lowest BCUT2D eigenvalue weighted by atomic mass is 10.1. The molecule has 3 rings (SSSR count). The van der Waals surface area contributed by atoms with Gasteiger partial charge in [0.05, 0.1) is 25.2 Å². The molecule has 1 aromatic carbocycles. The maximum atomic E-state index is 11.3. The molecule has 0 radical (unpaired) electrons. The van der Waals surface area contributed by atoms with E-state index in [4.69, 9.17) is 9.47 Å². The molecule has 0 unspecified atom stereocenters. The fraction of sp³-hybridized carbons (Fsp3) is 0.105. The van der Waals surface area contributed by atoms with Crippen molar-refractivity contribution >= 4 is 6.29 Å². The number of nitrogens with zero attached hydrogens (tertiary/aromatic N) is 2. The van der Waals surface area contributed by atoms with E-state index in [-0.39, 0.29) is 6.61 Å². The van der Waals surface area contributed by atoms with Crippen LogP contribution >= 0.6 is 0 Å². The van der Waals surface area contributed by atoms with Crippen molar-refractivity contribution in [1.82, 2.24) is 9.97 Å². The van der Waals surface area contributed by atoms with Crippen LogP contribution in [0, 0.1) is 0 Å². The summed E-state index contributed by atoms with van der Waals surface area (Å²) in [5.41, 5.74) is 3.12. The van der Waals surface area contributed by atoms with Crippen LogP contribution in [0.15, 0.2) is 61.1 Å². The molecule has 0 atom stereocenters. The third-order valence-electron chi connectivity index (χ3n) is 3.57. The van der Waals surface area contributed by atoms with Crippen molar-refractivity contribution < 1.29 is 14.3 Å². The van der Waals surface area contributed by atoms with Gasteiger partial charge in [-0.05, 0) is 6.07 Å². The molecule has 0 aliphatic carbocycles. The first kappa shape index (κ1) is 15.7. The van der Waals surface area contributed by atoms with Gasteiger partial charge in [-0.2, -0.15) is 0 Å². The zero-order valence-corrected chi connectivity index (χ0v) is 13.2. The largest absolute Gasteiger partial charge is 0.494 e. The molecule has 0 aliphatic heterocycles. The van der Waals surface area contributed by atoms with Crippen LogP contribution < -0.4 is 9.47 Å². The van der Waals surface area contributed by atoms with Crippen molar-refractivity contribution in [2.75, 3.05) is 7.11 Å². The minimum absolute atomic E-state index is 0.272. The van der Waals surface area contributed by atoms with Crippen molar-refractivity contribution in [3.8, 4) is 22.8 Å². The Morgan fingerprint density at radius 1 is 1.04 bits per heavy atom. The minimum atomic E-state index is 0.272. The number of hydrogen-bond acceptors (Lipinski definition) is 5. The summed E-state index contributed by atoms with van der Waals surface area (Å²) in [5.74, 6) is 0.768. The minimum Gasteiger partial charge on any atom is -0.494 e. The second kappa shape index (κ2) is 7.37. The van der Waals surface area contributed by atoms with Gasteiger partial charge in [0, 0.05) is 17.3 Å². The summed E-state index contributed by atoms with van der Waals surface area (Å²) in [6.45, 7) is 0.272. The van der Waals surface area contributed by atoms with Crippen LogP contribution in [0.4, 0.5) is 0 Å². The average Bonchev–Trinajstić information content (AvgIpc) is 2.66. The van der Waals surface area contributed by atoms with Crippen LogP contribution in [0.3, 0.4) is 0 Å². The lowest BCUT2D eigenvalue weighted by molar-refractivity contribution is 0.111. The Labute approximate surface area is 139 Å². The fourth-order valence-electron chi connectivity index (χ4n) is 2.39. The van der Waals surface area contributed by atoms with Crippen molar-refractivity contribution in [1.29, 1.82) is 0 Å². The Morgan fingerprint density at radius 2 is 1.83 bits per heavy atom. The highest BCUT2D eigenvalue weighted by molar-refractivity contribution is 5.83. The van der Waals surface area contributed by atoms with Gasteiger partial charge in [0.1, 0.15) is 12.2 Å². The highest BCUT2D eigenvalue weighted by Gasteiger charge is 2.12. The van der Waals surface area contributed by atoms with Crippen molar-refractivity contribution in [3.63, 3.8) is 0 Å². The van der Waals surface area contributed by atoms with E-state index in [9.17, 15) is 4.79 Å². The lowest BCUT2D eigenvalue weighted by Crippen LogP contribution is -2.03. The highest BCUT2D eigenvalue weighted by Crippen LogP contribution is 2.27. The molecule has 2 aromatic heterocycles. The normalized spacial score (nSPS) is 10.2. The fourth-order valence-corrected chi connectivity index (χ4v) is 2.39. The summed E-state index contributed by atoms with van der Waals surface area (Å²) >= 11 is 0. The van der Waals surface area contributed by atoms with Gasteiger partial charge in [-0.15, -0.1) is 0 Å². The van der Waals surface area contributed by atoms with E-state index in [0.29, 0.717) is 23.3 Å². The molecule has 5 heteroatoms. The number of carbonyl (C=O) groups excluding carboxylic acids is 1. The van der Waals surface area contributed by atoms with Crippen LogP contribution in [0.5, 0.6) is 11.5 Å². The molecule has 3 aromatic rings. The average molecular weight is 320 g/mol. The van der Waals surface area contributed by atoms with E-state index >= 15 is 0 Å². The highest BCUT2D eigenvalue weighted by atomic mass is 16.5. The number of ether oxygens (including phenoxy) is 2. The first-order valence-electron chi connectivity index (χ1n) is 7.42. The molecular weight excluding hydrogens is 304 g/mol. The second-order valence-electron chi connectivity index (χ2n) is 5.04. The number of carbonyl (C=O) groups is 1. The smallest absolute Gasteiger partial charge is 0.157 e. The summed E-state index contributed by atoms with van der Waals surface area (Å²) < 4.78 is 10.9. The van der Waals surface area contributed by atoms with E-state index in [1.807, 2.05) is 42.5 Å². The summed E-state index contributed by atoms with van der Waals surface area (Å²) in [6.07, 6.45) is 5.44. The van der Waals surface area contributed by atoms with Gasteiger partial charge in [0.15, 0.2) is 17.8 Å². The third-order valence-corrected chi connectivity index (χ3v) is 3.57. The summed E-state index contributed by atoms with van der Waals surface area (Å²) in [4.78, 5) is 19.8. The maximum Gasteiger partial charge on any atom is 0.157 e. The first-order chi connectivity index (χ1) is 11.8. The van der Waals surface area contributed by atoms with Gasteiger partial charge in [0.2, 0.25) is 0 Å². The van der Waals surface area contributed by atoms with Gasteiger partial charge in [-0.3, -0.25) is 14.8 Å². The number of hydrogen-bond donors (Lipinski definition) is 0. The third kappa shape index (κ3) is 3.25. The zero-order valence-electron chi connectivity index (χ0n) is 13.2. The quantitative estimate of drug-likeness (QED) is 0.650. The molecule has 0 bridgehead atoms. The Morgan fingerprint density at radius 3 is 2.58 bits per heavy atom. The Hall–Kier alpha value is -3.21. The molecular formula is C19H16N2O3. The van der Waals surface area contributed by atoms with E-state index in [1.54, 1.807) is 6.20 Å². The van der Waals surface area contributed by atoms with E-state index in [0.717, 1.165) is 16.8 Å². The topological polar surface area (TPSA) is 61.3 Å². The Balaban J connectivity index is 1.88. The molecule has 0 fully saturated rings. The van der Waals surface area contributed by atoms with Gasteiger partial charge >= 0.3 is 0 Å². The molecule has 0 aliphatic rings. The van der Waals surface area contributed by atoms with Crippen LogP contribution in [0.2, 0.25) is 0 Å². The number of rotatable bonds is 6. The Bertz CT molecular complexity index is 835. The SMILES string of the molecule is COc1cncc(OCc2cccnc2-c2ccccc2)c1C=O. The number of aromatic nitrogens is 2. The maximum absolute atomic E-state index is 11.3. The van der Waals surface area contributed by atoms with Gasteiger partial charge in [-0.1, -0.05) is 36.4 Å². The van der Waals surface area contributed by atoms with Crippen LogP contribution in [0.25, 0.3) is 11.3 Å². The molecule has 120 valence electrons. The van der Waals surface area contributed by atoms with E-state index in [1.165, 1.54) is 19.5 Å². The molecule has 0 spiro atoms. The second-order valence-corrected chi connectivity index (χ2v) is 5.04. The van der Waals surface area contributed by atoms with Gasteiger partial charge in [0.25, 0.3) is 0 Å². The molecule has 2 heterocycles. The Kier molecular flexibility index (Phi) is 4.81. The molecule has 0 saturated carbocycles. The molecule has 0 N–H and O–H groups in total. The predicted molar refractivity (Wildman–Crippen MR) is 90.2 cm³/mol. The molecule has 5 nitrogen and oxygen atoms in total. The van der Waals surface area contributed by atoms with Gasteiger partial charge in [-0.25, -0.2) is 0 Å². The standard InChI is InChI=1S/C19H16N2O3/c1-23-17-10-20-11-18(16(17)12-22)24-13-15-8-5-9-21-19(15)14-6-3-2-4-7-14/h2-12H,13H2,1H3. The van der Waals surface area contributed by atoms with Crippen molar-refractivity contribution in [2.24, 2.45) is 0 Å². The van der Waals surface area contributed by atoms with E-state index < -0.39 is 0 Å². The number of methoxy groups -OCH3 is 1. The number of aldehydes is 1. The monoisotopic (exact) mass is 320 g/mol. The summed E-state index contributed by atoms with van der Waals surface area (Å²) in [6, 6.07) is 13.7. The van der Waals surface area contributed by atoms with Crippen molar-refractivity contribution in [2.45, 2.75) is 6.61 Å². The zero-order chi connectivity index (χ0) is 16.8. The predicted octanol–water partition coefficient (Wildman–Crippen LogP) is 3.54. The summed E-state index contributed by atoms with van der Waals surface area (Å²) in [7, 11) is 1.49. The lowest BCUT2D eigenvalue weighted by Gasteiger charge is -2.12. The first-order valence-corrected chi connectivity index (χ1v) is 7.42.